The van der Waals surface area contributed by atoms with Gasteiger partial charge in [0.15, 0.2) is 0 Å². The summed E-state index contributed by atoms with van der Waals surface area (Å²) in [6.07, 6.45) is 3.54. The highest BCUT2D eigenvalue weighted by molar-refractivity contribution is 6.30. The lowest BCUT2D eigenvalue weighted by Crippen LogP contribution is -2.45. The van der Waals surface area contributed by atoms with Crippen LogP contribution in [-0.4, -0.2) is 33.7 Å². The third-order valence-electron chi connectivity index (χ3n) is 3.76. The van der Waals surface area contributed by atoms with E-state index >= 15 is 0 Å². The average molecular weight is 307 g/mol. The van der Waals surface area contributed by atoms with Crippen molar-refractivity contribution >= 4 is 11.6 Å². The van der Waals surface area contributed by atoms with Gasteiger partial charge in [0.05, 0.1) is 11.3 Å². The summed E-state index contributed by atoms with van der Waals surface area (Å²) in [5, 5.41) is 10.8. The van der Waals surface area contributed by atoms with Crippen molar-refractivity contribution < 1.29 is 9.52 Å². The first-order chi connectivity index (χ1) is 10.0. The molecule has 1 aromatic heterocycles. The number of aromatic nitrogens is 1. The minimum atomic E-state index is -0.599. The lowest BCUT2D eigenvalue weighted by molar-refractivity contribution is -0.0184. The Balaban J connectivity index is 1.71. The molecule has 1 fully saturated rings. The van der Waals surface area contributed by atoms with Gasteiger partial charge in [-0.3, -0.25) is 4.90 Å². The summed E-state index contributed by atoms with van der Waals surface area (Å²) in [5.74, 6) is 0.580. The molecule has 1 aliphatic heterocycles. The van der Waals surface area contributed by atoms with Crippen LogP contribution in [0.15, 0.2) is 34.9 Å². The SMILES string of the molecule is CC1(O)CCCN(Cc2coc(-c3cccc(Cl)c3)n2)C1. The molecule has 5 heteroatoms. The molecular formula is C16H19ClN2O2. The number of rotatable bonds is 3. The number of oxazole rings is 1. The Morgan fingerprint density at radius 3 is 3.10 bits per heavy atom. The molecule has 112 valence electrons. The molecule has 0 saturated carbocycles. The second-order valence-corrected chi connectivity index (χ2v) is 6.40. The van der Waals surface area contributed by atoms with Crippen molar-refractivity contribution in [2.75, 3.05) is 13.1 Å². The zero-order chi connectivity index (χ0) is 14.9. The number of aliphatic hydroxyl groups is 1. The van der Waals surface area contributed by atoms with Crippen molar-refractivity contribution in [3.63, 3.8) is 0 Å². The van der Waals surface area contributed by atoms with E-state index in [1.54, 1.807) is 6.26 Å². The minimum Gasteiger partial charge on any atom is -0.444 e. The fraction of sp³-hybridized carbons (Fsp3) is 0.438. The number of nitrogens with zero attached hydrogens (tertiary/aromatic N) is 2. The molecule has 0 bridgehead atoms. The average Bonchev–Trinajstić information content (AvgIpc) is 2.86. The van der Waals surface area contributed by atoms with E-state index in [2.05, 4.69) is 9.88 Å². The van der Waals surface area contributed by atoms with E-state index in [9.17, 15) is 5.11 Å². The molecule has 1 aliphatic rings. The van der Waals surface area contributed by atoms with Crippen molar-refractivity contribution in [1.29, 1.82) is 0 Å². The third-order valence-corrected chi connectivity index (χ3v) is 4.00. The Morgan fingerprint density at radius 1 is 1.48 bits per heavy atom. The highest BCUT2D eigenvalue weighted by Crippen LogP contribution is 2.24. The summed E-state index contributed by atoms with van der Waals surface area (Å²) in [4.78, 5) is 6.73. The van der Waals surface area contributed by atoms with Crippen molar-refractivity contribution in [1.82, 2.24) is 9.88 Å². The fourth-order valence-corrected chi connectivity index (χ4v) is 3.01. The van der Waals surface area contributed by atoms with Gasteiger partial charge >= 0.3 is 0 Å². The van der Waals surface area contributed by atoms with Gasteiger partial charge in [0.1, 0.15) is 6.26 Å². The summed E-state index contributed by atoms with van der Waals surface area (Å²) in [6, 6.07) is 7.46. The van der Waals surface area contributed by atoms with Crippen LogP contribution in [0.25, 0.3) is 11.5 Å². The third kappa shape index (κ3) is 3.64. The predicted molar refractivity (Wildman–Crippen MR) is 82.1 cm³/mol. The summed E-state index contributed by atoms with van der Waals surface area (Å²) < 4.78 is 5.54. The number of benzene rings is 1. The van der Waals surface area contributed by atoms with E-state index in [1.807, 2.05) is 31.2 Å². The van der Waals surface area contributed by atoms with Crippen LogP contribution < -0.4 is 0 Å². The summed E-state index contributed by atoms with van der Waals surface area (Å²) >= 11 is 5.98. The number of hydrogen-bond donors (Lipinski definition) is 1. The molecule has 0 aliphatic carbocycles. The standard InChI is InChI=1S/C16H19ClN2O2/c1-16(20)6-3-7-19(11-16)9-14-10-21-15(18-14)12-4-2-5-13(17)8-12/h2,4-5,8,10,20H,3,6-7,9,11H2,1H3. The zero-order valence-electron chi connectivity index (χ0n) is 12.1. The monoisotopic (exact) mass is 306 g/mol. The molecule has 4 nitrogen and oxygen atoms in total. The van der Waals surface area contributed by atoms with Gasteiger partial charge in [-0.05, 0) is 44.5 Å². The van der Waals surface area contributed by atoms with Crippen molar-refractivity contribution in [2.24, 2.45) is 0 Å². The van der Waals surface area contributed by atoms with Gasteiger partial charge in [-0.1, -0.05) is 17.7 Å². The number of halogens is 1. The van der Waals surface area contributed by atoms with Crippen molar-refractivity contribution in [3.8, 4) is 11.5 Å². The van der Waals surface area contributed by atoms with Crippen LogP contribution in [0.4, 0.5) is 0 Å². The van der Waals surface area contributed by atoms with Crippen molar-refractivity contribution in [3.05, 3.63) is 41.2 Å². The topological polar surface area (TPSA) is 49.5 Å². The molecule has 21 heavy (non-hydrogen) atoms. The van der Waals surface area contributed by atoms with Crippen LogP contribution in [0.1, 0.15) is 25.5 Å². The Labute approximate surface area is 129 Å². The highest BCUT2D eigenvalue weighted by Gasteiger charge is 2.28. The smallest absolute Gasteiger partial charge is 0.226 e. The molecule has 1 atom stereocenters. The molecule has 0 spiro atoms. The van der Waals surface area contributed by atoms with Crippen LogP contribution in [0.3, 0.4) is 0 Å². The zero-order valence-corrected chi connectivity index (χ0v) is 12.8. The van der Waals surface area contributed by atoms with E-state index < -0.39 is 5.60 Å². The van der Waals surface area contributed by atoms with E-state index in [1.165, 1.54) is 0 Å². The Kier molecular flexibility index (Phi) is 4.02. The molecule has 1 unspecified atom stereocenters. The molecule has 0 radical (unpaired) electrons. The minimum absolute atomic E-state index is 0.580. The molecule has 2 aromatic rings. The highest BCUT2D eigenvalue weighted by atomic mass is 35.5. The lowest BCUT2D eigenvalue weighted by Gasteiger charge is -2.36. The first kappa shape index (κ1) is 14.6. The maximum Gasteiger partial charge on any atom is 0.226 e. The second kappa shape index (κ2) is 5.79. The Morgan fingerprint density at radius 2 is 2.33 bits per heavy atom. The maximum absolute atomic E-state index is 10.1. The van der Waals surface area contributed by atoms with Gasteiger partial charge in [0.25, 0.3) is 0 Å². The second-order valence-electron chi connectivity index (χ2n) is 5.97. The predicted octanol–water partition coefficient (Wildman–Crippen LogP) is 3.34. The first-order valence-electron chi connectivity index (χ1n) is 7.17. The summed E-state index contributed by atoms with van der Waals surface area (Å²) in [6.45, 7) is 4.24. The van der Waals surface area contributed by atoms with Gasteiger partial charge in [-0.2, -0.15) is 0 Å². The molecule has 2 heterocycles. The Hall–Kier alpha value is -1.36. The largest absolute Gasteiger partial charge is 0.444 e. The van der Waals surface area contributed by atoms with E-state index in [4.69, 9.17) is 16.0 Å². The number of piperidine rings is 1. The van der Waals surface area contributed by atoms with Gasteiger partial charge in [-0.15, -0.1) is 0 Å². The van der Waals surface area contributed by atoms with Crippen LogP contribution in [0, 0.1) is 0 Å². The number of likely N-dealkylation sites (tertiary alicyclic amines) is 1. The van der Waals surface area contributed by atoms with Crippen LogP contribution in [0.5, 0.6) is 0 Å². The van der Waals surface area contributed by atoms with Crippen LogP contribution in [0.2, 0.25) is 5.02 Å². The molecule has 3 rings (SSSR count). The van der Waals surface area contributed by atoms with Gasteiger partial charge < -0.3 is 9.52 Å². The van der Waals surface area contributed by atoms with Crippen LogP contribution >= 0.6 is 11.6 Å². The summed E-state index contributed by atoms with van der Waals surface area (Å²) in [7, 11) is 0. The van der Waals surface area contributed by atoms with Gasteiger partial charge in [0, 0.05) is 23.7 Å². The van der Waals surface area contributed by atoms with E-state index in [0.29, 0.717) is 24.0 Å². The maximum atomic E-state index is 10.1. The molecule has 1 aromatic carbocycles. The first-order valence-corrected chi connectivity index (χ1v) is 7.55. The van der Waals surface area contributed by atoms with Gasteiger partial charge in [0.2, 0.25) is 5.89 Å². The van der Waals surface area contributed by atoms with Gasteiger partial charge in [-0.25, -0.2) is 4.98 Å². The summed E-state index contributed by atoms with van der Waals surface area (Å²) in [5.41, 5.74) is 1.15. The molecule has 1 N–H and O–H groups in total. The molecule has 0 amide bonds. The normalized spacial score (nSPS) is 23.4. The van der Waals surface area contributed by atoms with Crippen LogP contribution in [-0.2, 0) is 6.54 Å². The molecular weight excluding hydrogens is 288 g/mol. The quantitative estimate of drug-likeness (QED) is 0.945. The Bertz CT molecular complexity index is 624. The van der Waals surface area contributed by atoms with Crippen molar-refractivity contribution in [2.45, 2.75) is 31.9 Å². The number of hydrogen-bond acceptors (Lipinski definition) is 4. The lowest BCUT2D eigenvalue weighted by atomic mass is 9.95. The van der Waals surface area contributed by atoms with E-state index in [-0.39, 0.29) is 0 Å². The van der Waals surface area contributed by atoms with E-state index in [0.717, 1.165) is 30.6 Å². The fourth-order valence-electron chi connectivity index (χ4n) is 2.82. The molecule has 1 saturated heterocycles. The number of β-amino-alcohol motifs (C(OH)–C–C–N with tert-alkyl or cyclic N) is 1.